The first-order valence-corrected chi connectivity index (χ1v) is 12.2. The Morgan fingerprint density at radius 2 is 1.63 bits per heavy atom. The standard InChI is InChI=1S/C23H29ClN2O3S/c1-16(2)18-8-10-20(11-9-18)30(28,29)26-14-12-19(13-15-26)23(27)25-17(3)21-6-4-5-7-22(21)24/h4-11,16-17,19H,12-15H2,1-3H3,(H,25,27). The summed E-state index contributed by atoms with van der Waals surface area (Å²) in [5.41, 5.74) is 1.98. The van der Waals surface area contributed by atoms with Crippen LogP contribution >= 0.6 is 11.6 Å². The minimum absolute atomic E-state index is 0.0549. The van der Waals surface area contributed by atoms with Crippen LogP contribution < -0.4 is 5.32 Å². The molecule has 3 rings (SSSR count). The van der Waals surface area contributed by atoms with Crippen molar-refractivity contribution >= 4 is 27.5 Å². The summed E-state index contributed by atoms with van der Waals surface area (Å²) in [5, 5.41) is 3.64. The summed E-state index contributed by atoms with van der Waals surface area (Å²) in [6, 6.07) is 14.3. The van der Waals surface area contributed by atoms with E-state index in [-0.39, 0.29) is 17.9 Å². The van der Waals surface area contributed by atoms with Crippen molar-refractivity contribution in [2.75, 3.05) is 13.1 Å². The molecule has 30 heavy (non-hydrogen) atoms. The Kier molecular flexibility index (Phi) is 7.22. The molecule has 1 saturated heterocycles. The van der Waals surface area contributed by atoms with Crippen LogP contribution in [0.1, 0.15) is 56.7 Å². The molecule has 5 nitrogen and oxygen atoms in total. The maximum Gasteiger partial charge on any atom is 0.243 e. The first-order valence-electron chi connectivity index (χ1n) is 10.3. The lowest BCUT2D eigenvalue weighted by Crippen LogP contribution is -2.43. The largest absolute Gasteiger partial charge is 0.349 e. The van der Waals surface area contributed by atoms with Crippen molar-refractivity contribution in [2.45, 2.75) is 50.5 Å². The van der Waals surface area contributed by atoms with E-state index in [2.05, 4.69) is 19.2 Å². The van der Waals surface area contributed by atoms with E-state index in [1.165, 1.54) is 4.31 Å². The van der Waals surface area contributed by atoms with Crippen molar-refractivity contribution in [1.29, 1.82) is 0 Å². The van der Waals surface area contributed by atoms with Crippen molar-refractivity contribution in [3.05, 3.63) is 64.7 Å². The molecule has 1 heterocycles. The zero-order valence-corrected chi connectivity index (χ0v) is 19.2. The molecule has 1 fully saturated rings. The number of piperidine rings is 1. The predicted octanol–water partition coefficient (Wildman–Crippen LogP) is 4.74. The van der Waals surface area contributed by atoms with Gasteiger partial charge in [-0.2, -0.15) is 4.31 Å². The van der Waals surface area contributed by atoms with Crippen LogP contribution in [0, 0.1) is 5.92 Å². The van der Waals surface area contributed by atoms with Gasteiger partial charge in [-0.05, 0) is 55.0 Å². The fourth-order valence-corrected chi connectivity index (χ4v) is 5.54. The number of sulfonamides is 1. The molecule has 1 aliphatic heterocycles. The quantitative estimate of drug-likeness (QED) is 0.693. The van der Waals surface area contributed by atoms with Gasteiger partial charge in [0.25, 0.3) is 0 Å². The molecule has 1 amide bonds. The molecule has 0 saturated carbocycles. The monoisotopic (exact) mass is 448 g/mol. The third-order valence-electron chi connectivity index (χ3n) is 5.74. The molecule has 162 valence electrons. The van der Waals surface area contributed by atoms with Gasteiger partial charge in [0.2, 0.25) is 15.9 Å². The van der Waals surface area contributed by atoms with Crippen LogP contribution in [0.4, 0.5) is 0 Å². The Labute approximate surface area is 184 Å². The molecule has 1 aliphatic rings. The highest BCUT2D eigenvalue weighted by Crippen LogP contribution is 2.27. The van der Waals surface area contributed by atoms with Gasteiger partial charge in [0.15, 0.2) is 0 Å². The lowest BCUT2D eigenvalue weighted by Gasteiger charge is -2.31. The number of rotatable bonds is 6. The Bertz CT molecular complexity index is 982. The third-order valence-corrected chi connectivity index (χ3v) is 8.00. The van der Waals surface area contributed by atoms with Crippen molar-refractivity contribution in [2.24, 2.45) is 5.92 Å². The second-order valence-corrected chi connectivity index (χ2v) is 10.5. The van der Waals surface area contributed by atoms with Gasteiger partial charge in [-0.15, -0.1) is 0 Å². The first kappa shape index (κ1) is 22.8. The van der Waals surface area contributed by atoms with Crippen molar-refractivity contribution < 1.29 is 13.2 Å². The van der Waals surface area contributed by atoms with Crippen molar-refractivity contribution in [3.8, 4) is 0 Å². The number of nitrogens with one attached hydrogen (secondary N) is 1. The molecule has 0 aliphatic carbocycles. The summed E-state index contributed by atoms with van der Waals surface area (Å²) in [5.74, 6) is 0.0922. The molecule has 7 heteroatoms. The molecular formula is C23H29ClN2O3S. The van der Waals surface area contributed by atoms with E-state index < -0.39 is 10.0 Å². The second-order valence-electron chi connectivity index (χ2n) is 8.15. The van der Waals surface area contributed by atoms with E-state index in [9.17, 15) is 13.2 Å². The molecule has 1 N–H and O–H groups in total. The molecule has 2 aromatic rings. The normalized spacial score (nSPS) is 17.1. The van der Waals surface area contributed by atoms with Gasteiger partial charge in [-0.25, -0.2) is 8.42 Å². The smallest absolute Gasteiger partial charge is 0.243 e. The number of carbonyl (C=O) groups excluding carboxylic acids is 1. The highest BCUT2D eigenvalue weighted by molar-refractivity contribution is 7.89. The van der Waals surface area contributed by atoms with Crippen LogP contribution in [0.15, 0.2) is 53.4 Å². The Hall–Kier alpha value is -1.89. The predicted molar refractivity (Wildman–Crippen MR) is 120 cm³/mol. The van der Waals surface area contributed by atoms with Crippen LogP contribution in [0.3, 0.4) is 0 Å². The number of carbonyl (C=O) groups is 1. The Balaban J connectivity index is 1.59. The number of hydrogen-bond donors (Lipinski definition) is 1. The average Bonchev–Trinajstić information content (AvgIpc) is 2.74. The third kappa shape index (κ3) is 5.05. The number of benzene rings is 2. The molecule has 0 radical (unpaired) electrons. The summed E-state index contributed by atoms with van der Waals surface area (Å²) in [7, 11) is -3.54. The van der Waals surface area contributed by atoms with Gasteiger partial charge in [-0.3, -0.25) is 4.79 Å². The van der Waals surface area contributed by atoms with E-state index in [4.69, 9.17) is 11.6 Å². The fraction of sp³-hybridized carbons (Fsp3) is 0.435. The van der Waals surface area contributed by atoms with Crippen LogP contribution in [0.5, 0.6) is 0 Å². The second kappa shape index (κ2) is 9.50. The lowest BCUT2D eigenvalue weighted by atomic mass is 9.96. The average molecular weight is 449 g/mol. The van der Waals surface area contributed by atoms with E-state index in [1.807, 2.05) is 37.3 Å². The summed E-state index contributed by atoms with van der Waals surface area (Å²) >= 11 is 6.22. The van der Waals surface area contributed by atoms with E-state index >= 15 is 0 Å². The van der Waals surface area contributed by atoms with Gasteiger partial charge in [0, 0.05) is 24.0 Å². The van der Waals surface area contributed by atoms with Gasteiger partial charge in [0.1, 0.15) is 0 Å². The van der Waals surface area contributed by atoms with Crippen LogP contribution in [0.25, 0.3) is 0 Å². The summed E-state index contributed by atoms with van der Waals surface area (Å²) in [4.78, 5) is 13.0. The van der Waals surface area contributed by atoms with E-state index in [1.54, 1.807) is 18.2 Å². The zero-order valence-electron chi connectivity index (χ0n) is 17.6. The SMILES string of the molecule is CC(C)c1ccc(S(=O)(=O)N2CCC(C(=O)NC(C)c3ccccc3Cl)CC2)cc1. The van der Waals surface area contributed by atoms with Crippen molar-refractivity contribution in [3.63, 3.8) is 0 Å². The fourth-order valence-electron chi connectivity index (χ4n) is 3.77. The van der Waals surface area contributed by atoms with E-state index in [0.29, 0.717) is 41.8 Å². The van der Waals surface area contributed by atoms with Crippen molar-refractivity contribution in [1.82, 2.24) is 9.62 Å². The van der Waals surface area contributed by atoms with Gasteiger partial charge in [0.05, 0.1) is 10.9 Å². The number of nitrogens with zero attached hydrogens (tertiary/aromatic N) is 1. The summed E-state index contributed by atoms with van der Waals surface area (Å²) in [6.07, 6.45) is 1.01. The van der Waals surface area contributed by atoms with Crippen LogP contribution in [0.2, 0.25) is 5.02 Å². The van der Waals surface area contributed by atoms with E-state index in [0.717, 1.165) is 11.1 Å². The Morgan fingerprint density at radius 1 is 1.03 bits per heavy atom. The summed E-state index contributed by atoms with van der Waals surface area (Å²) in [6.45, 7) is 6.73. The molecule has 1 atom stereocenters. The van der Waals surface area contributed by atoms with Gasteiger partial charge < -0.3 is 5.32 Å². The molecular weight excluding hydrogens is 420 g/mol. The van der Waals surface area contributed by atoms with Crippen LogP contribution in [-0.4, -0.2) is 31.7 Å². The molecule has 0 spiro atoms. The zero-order chi connectivity index (χ0) is 21.9. The highest BCUT2D eigenvalue weighted by Gasteiger charge is 2.32. The van der Waals surface area contributed by atoms with Gasteiger partial charge in [-0.1, -0.05) is 55.8 Å². The maximum atomic E-state index is 13.0. The topological polar surface area (TPSA) is 66.5 Å². The van der Waals surface area contributed by atoms with Crippen LogP contribution in [-0.2, 0) is 14.8 Å². The number of hydrogen-bond acceptors (Lipinski definition) is 3. The molecule has 1 unspecified atom stereocenters. The highest BCUT2D eigenvalue weighted by atomic mass is 35.5. The first-order chi connectivity index (χ1) is 14.2. The lowest BCUT2D eigenvalue weighted by molar-refractivity contribution is -0.126. The number of halogens is 1. The summed E-state index contributed by atoms with van der Waals surface area (Å²) < 4.78 is 27.4. The minimum Gasteiger partial charge on any atom is -0.349 e. The molecule has 2 aromatic carbocycles. The van der Waals surface area contributed by atoms with Gasteiger partial charge >= 0.3 is 0 Å². The molecule has 0 aromatic heterocycles. The Morgan fingerprint density at radius 3 is 2.20 bits per heavy atom. The molecule has 0 bridgehead atoms. The number of amides is 1. The maximum absolute atomic E-state index is 13.0. The minimum atomic E-state index is -3.54.